The van der Waals surface area contributed by atoms with Gasteiger partial charge < -0.3 is 10.5 Å². The Kier molecular flexibility index (Phi) is 5.33. The first kappa shape index (κ1) is 13.0. The molecule has 16 heavy (non-hydrogen) atoms. The normalized spacial score (nSPS) is 12.8. The first-order valence-corrected chi connectivity index (χ1v) is 6.14. The summed E-state index contributed by atoms with van der Waals surface area (Å²) in [5, 5.41) is 0. The number of hydrogen-bond acceptors (Lipinski definition) is 2. The van der Waals surface area contributed by atoms with Gasteiger partial charge in [-0.3, -0.25) is 0 Å². The molecular weight excluding hydrogens is 198 g/mol. The molecule has 90 valence electrons. The molecule has 0 saturated carbocycles. The summed E-state index contributed by atoms with van der Waals surface area (Å²) < 4.78 is 5.87. The molecule has 0 heterocycles. The lowest BCUT2D eigenvalue weighted by Gasteiger charge is -2.17. The summed E-state index contributed by atoms with van der Waals surface area (Å²) in [5.41, 5.74) is 6.99. The summed E-state index contributed by atoms with van der Waals surface area (Å²) in [6.45, 7) is 7.10. The molecule has 2 N–H and O–H groups in total. The Morgan fingerprint density at radius 1 is 1.31 bits per heavy atom. The van der Waals surface area contributed by atoms with Crippen molar-refractivity contribution >= 4 is 0 Å². The summed E-state index contributed by atoms with van der Waals surface area (Å²) in [6, 6.07) is 8.30. The monoisotopic (exact) mass is 221 g/mol. The highest BCUT2D eigenvalue weighted by atomic mass is 16.5. The molecule has 1 rings (SSSR count). The quantitative estimate of drug-likeness (QED) is 0.799. The van der Waals surface area contributed by atoms with E-state index in [1.54, 1.807) is 0 Å². The lowest BCUT2D eigenvalue weighted by Crippen LogP contribution is -2.26. The number of benzene rings is 1. The highest BCUT2D eigenvalue weighted by Crippen LogP contribution is 2.21. The van der Waals surface area contributed by atoms with Gasteiger partial charge in [-0.1, -0.05) is 39.3 Å². The van der Waals surface area contributed by atoms with Gasteiger partial charge in [-0.05, 0) is 30.0 Å². The minimum absolute atomic E-state index is 0.146. The molecule has 1 aromatic rings. The van der Waals surface area contributed by atoms with Crippen LogP contribution >= 0.6 is 0 Å². The minimum Gasteiger partial charge on any atom is -0.489 e. The van der Waals surface area contributed by atoms with Gasteiger partial charge in [-0.15, -0.1) is 0 Å². The summed E-state index contributed by atoms with van der Waals surface area (Å²) in [4.78, 5) is 0. The zero-order valence-corrected chi connectivity index (χ0v) is 10.6. The van der Waals surface area contributed by atoms with Crippen LogP contribution in [-0.2, 0) is 0 Å². The van der Waals surface area contributed by atoms with E-state index in [0.29, 0.717) is 12.5 Å². The molecule has 2 heteroatoms. The molecule has 1 aromatic carbocycles. The maximum Gasteiger partial charge on any atom is 0.120 e. The molecule has 0 radical (unpaired) electrons. The molecular formula is C14H23NO. The van der Waals surface area contributed by atoms with Crippen molar-refractivity contribution in [2.75, 3.05) is 6.54 Å². The van der Waals surface area contributed by atoms with Crippen molar-refractivity contribution in [2.45, 2.75) is 45.6 Å². The Hall–Kier alpha value is -1.02. The fourth-order valence-electron chi connectivity index (χ4n) is 1.69. The summed E-state index contributed by atoms with van der Waals surface area (Å²) in [5.74, 6) is 1.47. The van der Waals surface area contributed by atoms with E-state index in [0.717, 1.165) is 18.6 Å². The van der Waals surface area contributed by atoms with E-state index in [4.69, 9.17) is 10.5 Å². The summed E-state index contributed by atoms with van der Waals surface area (Å²) >= 11 is 0. The maximum atomic E-state index is 5.87. The van der Waals surface area contributed by atoms with Crippen LogP contribution in [0.5, 0.6) is 5.75 Å². The summed E-state index contributed by atoms with van der Waals surface area (Å²) in [6.07, 6.45) is 2.26. The lowest BCUT2D eigenvalue weighted by atomic mass is 10.0. The van der Waals surface area contributed by atoms with Gasteiger partial charge in [0.2, 0.25) is 0 Å². The van der Waals surface area contributed by atoms with Crippen LogP contribution < -0.4 is 10.5 Å². The van der Waals surface area contributed by atoms with Crippen LogP contribution in [-0.4, -0.2) is 12.6 Å². The molecule has 0 saturated heterocycles. The second kappa shape index (κ2) is 6.54. The molecule has 0 aliphatic heterocycles. The highest BCUT2D eigenvalue weighted by molar-refractivity contribution is 5.30. The Morgan fingerprint density at radius 3 is 2.62 bits per heavy atom. The number of ether oxygens (including phenoxy) is 1. The third-order valence-corrected chi connectivity index (χ3v) is 2.70. The first-order valence-electron chi connectivity index (χ1n) is 6.14. The smallest absolute Gasteiger partial charge is 0.120 e. The Labute approximate surface area is 98.8 Å². The van der Waals surface area contributed by atoms with Crippen LogP contribution in [0.15, 0.2) is 24.3 Å². The van der Waals surface area contributed by atoms with Gasteiger partial charge in [0.15, 0.2) is 0 Å². The minimum atomic E-state index is 0.146. The first-order chi connectivity index (χ1) is 7.67. The SMILES string of the molecule is CCCC(CN)Oc1cccc(C(C)C)c1. The topological polar surface area (TPSA) is 35.2 Å². The predicted molar refractivity (Wildman–Crippen MR) is 68.9 cm³/mol. The van der Waals surface area contributed by atoms with E-state index in [1.807, 2.05) is 12.1 Å². The number of nitrogens with two attached hydrogens (primary N) is 1. The van der Waals surface area contributed by atoms with Gasteiger partial charge in [0.1, 0.15) is 11.9 Å². The van der Waals surface area contributed by atoms with Crippen LogP contribution in [0.1, 0.15) is 45.1 Å². The average Bonchev–Trinajstić information content (AvgIpc) is 2.29. The fraction of sp³-hybridized carbons (Fsp3) is 0.571. The Bertz CT molecular complexity index is 309. The van der Waals surface area contributed by atoms with Crippen molar-refractivity contribution in [3.63, 3.8) is 0 Å². The lowest BCUT2D eigenvalue weighted by molar-refractivity contribution is 0.198. The van der Waals surface area contributed by atoms with Gasteiger partial charge in [0.05, 0.1) is 0 Å². The van der Waals surface area contributed by atoms with E-state index in [1.165, 1.54) is 5.56 Å². The van der Waals surface area contributed by atoms with Crippen molar-refractivity contribution in [1.82, 2.24) is 0 Å². The Morgan fingerprint density at radius 2 is 2.06 bits per heavy atom. The second-order valence-electron chi connectivity index (χ2n) is 4.49. The van der Waals surface area contributed by atoms with Crippen molar-refractivity contribution in [2.24, 2.45) is 5.73 Å². The molecule has 1 atom stereocenters. The standard InChI is InChI=1S/C14H23NO/c1-4-6-14(10-15)16-13-8-5-7-12(9-13)11(2)3/h5,7-9,11,14H,4,6,10,15H2,1-3H3. The predicted octanol–water partition coefficient (Wildman–Crippen LogP) is 3.32. The van der Waals surface area contributed by atoms with Crippen LogP contribution in [0.3, 0.4) is 0 Å². The van der Waals surface area contributed by atoms with Crippen molar-refractivity contribution in [3.05, 3.63) is 29.8 Å². The van der Waals surface area contributed by atoms with Crippen LogP contribution in [0, 0.1) is 0 Å². The Balaban J connectivity index is 2.68. The molecule has 2 nitrogen and oxygen atoms in total. The molecule has 0 fully saturated rings. The zero-order valence-electron chi connectivity index (χ0n) is 10.6. The van der Waals surface area contributed by atoms with E-state index >= 15 is 0 Å². The fourth-order valence-corrected chi connectivity index (χ4v) is 1.69. The second-order valence-corrected chi connectivity index (χ2v) is 4.49. The molecule has 0 amide bonds. The molecule has 0 spiro atoms. The van der Waals surface area contributed by atoms with Gasteiger partial charge >= 0.3 is 0 Å². The average molecular weight is 221 g/mol. The van der Waals surface area contributed by atoms with Crippen molar-refractivity contribution in [1.29, 1.82) is 0 Å². The van der Waals surface area contributed by atoms with E-state index in [2.05, 4.69) is 32.9 Å². The van der Waals surface area contributed by atoms with Gasteiger partial charge in [-0.2, -0.15) is 0 Å². The summed E-state index contributed by atoms with van der Waals surface area (Å²) in [7, 11) is 0. The third-order valence-electron chi connectivity index (χ3n) is 2.70. The maximum absolute atomic E-state index is 5.87. The van der Waals surface area contributed by atoms with E-state index in [-0.39, 0.29) is 6.10 Å². The van der Waals surface area contributed by atoms with Crippen LogP contribution in [0.25, 0.3) is 0 Å². The number of hydrogen-bond donors (Lipinski definition) is 1. The molecule has 0 aliphatic rings. The van der Waals surface area contributed by atoms with Crippen LogP contribution in [0.4, 0.5) is 0 Å². The highest BCUT2D eigenvalue weighted by Gasteiger charge is 2.08. The largest absolute Gasteiger partial charge is 0.489 e. The van der Waals surface area contributed by atoms with Crippen molar-refractivity contribution < 1.29 is 4.74 Å². The van der Waals surface area contributed by atoms with E-state index < -0.39 is 0 Å². The van der Waals surface area contributed by atoms with Gasteiger partial charge in [0.25, 0.3) is 0 Å². The van der Waals surface area contributed by atoms with E-state index in [9.17, 15) is 0 Å². The zero-order chi connectivity index (χ0) is 12.0. The molecule has 0 aromatic heterocycles. The molecule has 0 aliphatic carbocycles. The van der Waals surface area contributed by atoms with Gasteiger partial charge in [0, 0.05) is 6.54 Å². The van der Waals surface area contributed by atoms with Crippen LogP contribution in [0.2, 0.25) is 0 Å². The van der Waals surface area contributed by atoms with Gasteiger partial charge in [-0.25, -0.2) is 0 Å². The third kappa shape index (κ3) is 3.86. The number of rotatable bonds is 6. The molecule has 0 bridgehead atoms. The van der Waals surface area contributed by atoms with Crippen molar-refractivity contribution in [3.8, 4) is 5.75 Å². The molecule has 1 unspecified atom stereocenters.